The fourth-order valence-corrected chi connectivity index (χ4v) is 5.12. The third-order valence-electron chi connectivity index (χ3n) is 6.42. The highest BCUT2D eigenvalue weighted by atomic mass is 31.2. The fraction of sp³-hybridized carbons (Fsp3) is 0.727. The van der Waals surface area contributed by atoms with Crippen molar-refractivity contribution in [1.82, 2.24) is 0 Å². The predicted octanol–water partition coefficient (Wildman–Crippen LogP) is 4.56. The Morgan fingerprint density at radius 1 is 1.24 bits per heavy atom. The van der Waals surface area contributed by atoms with Crippen LogP contribution >= 0.6 is 7.82 Å². The van der Waals surface area contributed by atoms with Gasteiger partial charge in [-0.2, -0.15) is 0 Å². The minimum atomic E-state index is -4.48. The lowest BCUT2D eigenvalue weighted by Crippen LogP contribution is -2.41. The van der Waals surface area contributed by atoms with Crippen LogP contribution in [0.4, 0.5) is 0 Å². The van der Waals surface area contributed by atoms with Gasteiger partial charge in [-0.3, -0.25) is 4.52 Å². The van der Waals surface area contributed by atoms with Crippen LogP contribution in [0.1, 0.15) is 87.3 Å². The molecular weight excluding hydrogens is 389 g/mol. The van der Waals surface area contributed by atoms with E-state index in [2.05, 4.69) is 29.6 Å². The molecule has 6 nitrogen and oxygen atoms in total. The Bertz CT molecular complexity index is 721. The van der Waals surface area contributed by atoms with E-state index in [-0.39, 0.29) is 6.61 Å². The molecule has 0 aromatic heterocycles. The maximum Gasteiger partial charge on any atom is 0.469 e. The van der Waals surface area contributed by atoms with E-state index in [4.69, 9.17) is 20.3 Å². The van der Waals surface area contributed by atoms with E-state index in [0.717, 1.165) is 19.3 Å². The largest absolute Gasteiger partial charge is 0.469 e. The average Bonchev–Trinajstić information content (AvgIpc) is 3.08. The van der Waals surface area contributed by atoms with E-state index in [9.17, 15) is 4.57 Å². The van der Waals surface area contributed by atoms with E-state index in [1.165, 1.54) is 48.8 Å². The molecule has 1 aromatic carbocycles. The van der Waals surface area contributed by atoms with Gasteiger partial charge < -0.3 is 20.3 Å². The second-order valence-electron chi connectivity index (χ2n) is 8.93. The molecule has 164 valence electrons. The van der Waals surface area contributed by atoms with Gasteiger partial charge in [0, 0.05) is 5.54 Å². The molecule has 0 saturated heterocycles. The lowest BCUT2D eigenvalue weighted by atomic mass is 9.89. The maximum absolute atomic E-state index is 11.0. The molecule has 0 bridgehead atoms. The number of phosphoric acid groups is 1. The van der Waals surface area contributed by atoms with Crippen LogP contribution < -0.4 is 5.73 Å². The predicted molar refractivity (Wildman–Crippen MR) is 114 cm³/mol. The van der Waals surface area contributed by atoms with Crippen molar-refractivity contribution >= 4 is 7.82 Å². The lowest BCUT2D eigenvalue weighted by Gasteiger charge is -2.27. The number of hydrogen-bond acceptors (Lipinski definition) is 4. The zero-order valence-electron chi connectivity index (χ0n) is 17.5. The average molecular weight is 426 g/mol. The first-order valence-corrected chi connectivity index (χ1v) is 12.5. The molecule has 1 aliphatic heterocycles. The number of ether oxygens (including phenoxy) is 1. The second kappa shape index (κ2) is 10.0. The second-order valence-corrected chi connectivity index (χ2v) is 10.2. The molecule has 0 spiro atoms. The highest BCUT2D eigenvalue weighted by Gasteiger charge is 2.38. The van der Waals surface area contributed by atoms with Gasteiger partial charge in [0.2, 0.25) is 0 Å². The quantitative estimate of drug-likeness (QED) is 0.375. The third kappa shape index (κ3) is 6.88. The van der Waals surface area contributed by atoms with Crippen molar-refractivity contribution in [3.05, 3.63) is 34.9 Å². The van der Waals surface area contributed by atoms with Crippen LogP contribution in [0.15, 0.2) is 18.2 Å². The molecule has 4 N–H and O–H groups in total. The summed E-state index contributed by atoms with van der Waals surface area (Å²) in [5.41, 5.74) is 9.56. The first kappa shape index (κ1) is 22.9. The molecule has 1 heterocycles. The molecule has 7 heteroatoms. The van der Waals surface area contributed by atoms with Gasteiger partial charge in [0.1, 0.15) is 0 Å². The highest BCUT2D eigenvalue weighted by molar-refractivity contribution is 7.46. The molecule has 1 aliphatic carbocycles. The van der Waals surface area contributed by atoms with Crippen molar-refractivity contribution in [2.45, 2.75) is 95.3 Å². The number of phosphoric ester groups is 1. The van der Waals surface area contributed by atoms with Crippen LogP contribution in [0.25, 0.3) is 0 Å². The lowest BCUT2D eigenvalue weighted by molar-refractivity contribution is 0.0216. The number of rotatable bonds is 10. The Morgan fingerprint density at radius 2 is 2.03 bits per heavy atom. The van der Waals surface area contributed by atoms with Crippen LogP contribution in [-0.4, -0.2) is 28.0 Å². The molecule has 3 rings (SSSR count). The number of unbranched alkanes of at least 4 members (excludes halogenated alkanes) is 4. The number of nitrogens with two attached hydrogens (primary N) is 1. The fourth-order valence-electron chi connectivity index (χ4n) is 4.69. The summed E-state index contributed by atoms with van der Waals surface area (Å²) in [5, 5.41) is 0. The Morgan fingerprint density at radius 3 is 2.79 bits per heavy atom. The number of fused-ring (bicyclic) bond motifs is 1. The molecule has 1 aromatic rings. The summed E-state index contributed by atoms with van der Waals surface area (Å²) < 4.78 is 21.8. The summed E-state index contributed by atoms with van der Waals surface area (Å²) in [4.78, 5) is 17.9. The van der Waals surface area contributed by atoms with Crippen molar-refractivity contribution in [2.75, 3.05) is 6.61 Å². The maximum atomic E-state index is 11.0. The topological polar surface area (TPSA) is 102 Å². The summed E-state index contributed by atoms with van der Waals surface area (Å²) in [5.74, 6) is 0.293. The third-order valence-corrected chi connectivity index (χ3v) is 6.88. The molecule has 0 radical (unpaired) electrons. The van der Waals surface area contributed by atoms with Crippen LogP contribution in [0.3, 0.4) is 0 Å². The molecular formula is C22H36NO5P. The van der Waals surface area contributed by atoms with Crippen LogP contribution in [0.2, 0.25) is 0 Å². The van der Waals surface area contributed by atoms with Gasteiger partial charge in [0.15, 0.2) is 0 Å². The van der Waals surface area contributed by atoms with Crippen molar-refractivity contribution in [2.24, 2.45) is 5.73 Å². The minimum absolute atomic E-state index is 0.109. The Labute approximate surface area is 174 Å². The summed E-state index contributed by atoms with van der Waals surface area (Å²) in [6.07, 6.45) is 11.2. The van der Waals surface area contributed by atoms with Gasteiger partial charge in [-0.05, 0) is 54.7 Å². The van der Waals surface area contributed by atoms with Crippen molar-refractivity contribution in [3.63, 3.8) is 0 Å². The zero-order chi connectivity index (χ0) is 20.9. The number of benzene rings is 1. The summed E-state index contributed by atoms with van der Waals surface area (Å²) in [6.45, 7) is 2.80. The molecule has 29 heavy (non-hydrogen) atoms. The molecule has 2 aliphatic rings. The van der Waals surface area contributed by atoms with Crippen LogP contribution in [0, 0.1) is 0 Å². The highest BCUT2D eigenvalue weighted by Crippen LogP contribution is 2.44. The van der Waals surface area contributed by atoms with Crippen LogP contribution in [-0.2, 0) is 26.9 Å². The van der Waals surface area contributed by atoms with E-state index in [1.807, 2.05) is 0 Å². The monoisotopic (exact) mass is 425 g/mol. The van der Waals surface area contributed by atoms with Gasteiger partial charge >= 0.3 is 7.82 Å². The van der Waals surface area contributed by atoms with Gasteiger partial charge in [0.25, 0.3) is 0 Å². The van der Waals surface area contributed by atoms with Gasteiger partial charge in [0.05, 0.1) is 19.3 Å². The standard InChI is InChI=1S/C22H36NO5P/c1-2-3-4-5-6-7-21-13-18-9-8-17(12-20(18)15-27-21)19-10-11-22(23,14-19)16-28-29(24,25)26/h8-9,12,19,21H,2-7,10-11,13-16,23H2,1H3,(H2,24,25,26)/t19-,21-,22+/m0/s1. The normalized spacial score (nSPS) is 27.2. The smallest absolute Gasteiger partial charge is 0.373 e. The molecule has 1 saturated carbocycles. The zero-order valence-corrected chi connectivity index (χ0v) is 18.4. The summed E-state index contributed by atoms with van der Waals surface area (Å²) >= 11 is 0. The molecule has 1 fully saturated rings. The summed E-state index contributed by atoms with van der Waals surface area (Å²) in [6, 6.07) is 6.68. The van der Waals surface area contributed by atoms with Crippen LogP contribution in [0.5, 0.6) is 0 Å². The molecule has 0 amide bonds. The molecule has 0 unspecified atom stereocenters. The SMILES string of the molecule is CCCCCCC[C@H]1Cc2ccc([C@H]3CC[C@](N)(COP(=O)(O)O)C3)cc2CO1. The Hall–Kier alpha value is -0.750. The van der Waals surface area contributed by atoms with E-state index >= 15 is 0 Å². The minimum Gasteiger partial charge on any atom is -0.373 e. The number of hydrogen-bond donors (Lipinski definition) is 3. The Kier molecular flexibility index (Phi) is 7.94. The molecule has 3 atom stereocenters. The first-order chi connectivity index (χ1) is 13.8. The Balaban J connectivity index is 1.52. The van der Waals surface area contributed by atoms with Crippen molar-refractivity contribution < 1.29 is 23.6 Å². The van der Waals surface area contributed by atoms with E-state index in [1.54, 1.807) is 0 Å². The van der Waals surface area contributed by atoms with Crippen molar-refractivity contribution in [3.8, 4) is 0 Å². The van der Waals surface area contributed by atoms with E-state index < -0.39 is 13.4 Å². The first-order valence-electron chi connectivity index (χ1n) is 11.0. The van der Waals surface area contributed by atoms with Gasteiger partial charge in [-0.25, -0.2) is 4.57 Å². The van der Waals surface area contributed by atoms with E-state index in [0.29, 0.717) is 31.5 Å². The van der Waals surface area contributed by atoms with Crippen molar-refractivity contribution in [1.29, 1.82) is 0 Å². The van der Waals surface area contributed by atoms with Gasteiger partial charge in [-0.1, -0.05) is 57.2 Å². The van der Waals surface area contributed by atoms with Gasteiger partial charge in [-0.15, -0.1) is 0 Å². The summed E-state index contributed by atoms with van der Waals surface area (Å²) in [7, 11) is -4.48.